The second-order valence-corrected chi connectivity index (χ2v) is 12.2. The summed E-state index contributed by atoms with van der Waals surface area (Å²) >= 11 is 1.28. The molecule has 200 valence electrons. The molecule has 1 aromatic heterocycles. The largest absolute Gasteiger partial charge is 0.453 e. The van der Waals surface area contributed by atoms with Crippen LogP contribution < -0.4 is 10.6 Å². The number of methoxy groups -OCH3 is 1. The third kappa shape index (κ3) is 5.85. The summed E-state index contributed by atoms with van der Waals surface area (Å²) < 4.78 is 37.8. The first-order valence-corrected chi connectivity index (χ1v) is 14.0. The molecule has 4 rings (SSSR count). The fourth-order valence-corrected chi connectivity index (χ4v) is 7.41. The Bertz CT molecular complexity index is 1300. The number of hydrogen-bond donors (Lipinski definition) is 2. The lowest BCUT2D eigenvalue weighted by Crippen LogP contribution is -2.48. The average Bonchev–Trinajstić information content (AvgIpc) is 3.20. The van der Waals surface area contributed by atoms with E-state index in [1.165, 1.54) is 39.9 Å². The summed E-state index contributed by atoms with van der Waals surface area (Å²) in [5, 5.41) is 5.26. The number of nitrogens with zero attached hydrogens (tertiary/aromatic N) is 2. The van der Waals surface area contributed by atoms with E-state index in [4.69, 9.17) is 4.74 Å². The van der Waals surface area contributed by atoms with Gasteiger partial charge in [-0.05, 0) is 57.1 Å². The van der Waals surface area contributed by atoms with Gasteiger partial charge in [0.15, 0.2) is 0 Å². The number of fused-ring (bicyclic) bond motifs is 1. The molecule has 11 nitrogen and oxygen atoms in total. The molecule has 0 radical (unpaired) electrons. The third-order valence-corrected chi connectivity index (χ3v) is 9.22. The molecule has 37 heavy (non-hydrogen) atoms. The Morgan fingerprint density at radius 2 is 1.73 bits per heavy atom. The molecular weight excluding hydrogens is 520 g/mol. The molecule has 0 spiro atoms. The molecule has 2 aliphatic rings. The van der Waals surface area contributed by atoms with Gasteiger partial charge in [0, 0.05) is 36.6 Å². The molecule has 2 aromatic rings. The van der Waals surface area contributed by atoms with E-state index in [-0.39, 0.29) is 41.3 Å². The molecule has 0 saturated carbocycles. The maximum Gasteiger partial charge on any atom is 0.413 e. The number of anilines is 1. The fourth-order valence-electron chi connectivity index (χ4n) is 4.50. The zero-order chi connectivity index (χ0) is 26.9. The van der Waals surface area contributed by atoms with Crippen molar-refractivity contribution in [2.24, 2.45) is 0 Å². The standard InChI is InChI=1S/C24H30N4O7S2/c1-14-11-28(12-15(2)35-14)37(32,33)17-7-5-16(6-8-17)21(29)25-23-20(22(30)26-24(31)34-4)18-9-10-27(3)13-19(18)36-23/h5-8,14-15H,9-13H2,1-4H3,(H,25,29)(H,26,30,31). The molecule has 3 heterocycles. The normalized spacial score (nSPS) is 20.6. The van der Waals surface area contributed by atoms with Gasteiger partial charge in [-0.3, -0.25) is 14.9 Å². The molecular formula is C24H30N4O7S2. The number of carbonyl (C=O) groups excluding carboxylic acids is 3. The Kier molecular flexibility index (Phi) is 7.99. The number of amides is 3. The zero-order valence-electron chi connectivity index (χ0n) is 21.1. The van der Waals surface area contributed by atoms with Crippen LogP contribution in [0.15, 0.2) is 29.2 Å². The van der Waals surface area contributed by atoms with Crippen molar-refractivity contribution < 1.29 is 32.3 Å². The quantitative estimate of drug-likeness (QED) is 0.579. The number of nitrogens with one attached hydrogen (secondary N) is 2. The fraction of sp³-hybridized carbons (Fsp3) is 0.458. The SMILES string of the molecule is COC(=O)NC(=O)c1c(NC(=O)c2ccc(S(=O)(=O)N3CC(C)OC(C)C3)cc2)sc2c1CCN(C)C2. The number of carbonyl (C=O) groups is 3. The number of ether oxygens (including phenoxy) is 2. The van der Waals surface area contributed by atoms with Crippen molar-refractivity contribution in [1.29, 1.82) is 0 Å². The number of hydrogen-bond acceptors (Lipinski definition) is 9. The van der Waals surface area contributed by atoms with Crippen LogP contribution in [0.1, 0.15) is 45.0 Å². The molecule has 2 aliphatic heterocycles. The van der Waals surface area contributed by atoms with Crippen molar-refractivity contribution in [3.05, 3.63) is 45.8 Å². The third-order valence-electron chi connectivity index (χ3n) is 6.24. The lowest BCUT2D eigenvalue weighted by molar-refractivity contribution is -0.0440. The first kappa shape index (κ1) is 27.2. The molecule has 2 N–H and O–H groups in total. The minimum Gasteiger partial charge on any atom is -0.453 e. The highest BCUT2D eigenvalue weighted by Crippen LogP contribution is 2.37. The Hall–Kier alpha value is -2.84. The Balaban J connectivity index is 1.56. The van der Waals surface area contributed by atoms with Crippen molar-refractivity contribution >= 4 is 44.3 Å². The van der Waals surface area contributed by atoms with Crippen LogP contribution in [0.3, 0.4) is 0 Å². The summed E-state index contributed by atoms with van der Waals surface area (Å²) in [6, 6.07) is 5.67. The van der Waals surface area contributed by atoms with E-state index in [0.29, 0.717) is 18.0 Å². The van der Waals surface area contributed by atoms with Gasteiger partial charge in [0.1, 0.15) is 5.00 Å². The second kappa shape index (κ2) is 10.9. The lowest BCUT2D eigenvalue weighted by Gasteiger charge is -2.34. The minimum absolute atomic E-state index is 0.0816. The molecule has 0 aliphatic carbocycles. The summed E-state index contributed by atoms with van der Waals surface area (Å²) in [7, 11) is -0.625. The predicted molar refractivity (Wildman–Crippen MR) is 137 cm³/mol. The number of likely N-dealkylation sites (N-methyl/N-ethyl adjacent to an activating group) is 1. The number of benzene rings is 1. The van der Waals surface area contributed by atoms with Gasteiger partial charge in [-0.15, -0.1) is 11.3 Å². The maximum absolute atomic E-state index is 13.1. The highest BCUT2D eigenvalue weighted by Gasteiger charge is 2.33. The summed E-state index contributed by atoms with van der Waals surface area (Å²) in [4.78, 5) is 40.7. The average molecular weight is 551 g/mol. The Labute approximate surface area is 219 Å². The van der Waals surface area contributed by atoms with Gasteiger partial charge in [-0.1, -0.05) is 0 Å². The van der Waals surface area contributed by atoms with Crippen molar-refractivity contribution in [2.75, 3.05) is 39.1 Å². The molecule has 3 amide bonds. The lowest BCUT2D eigenvalue weighted by atomic mass is 10.0. The van der Waals surface area contributed by atoms with Crippen LogP contribution in [-0.2, 0) is 32.5 Å². The van der Waals surface area contributed by atoms with Crippen LogP contribution in [0.25, 0.3) is 0 Å². The number of imide groups is 1. The number of rotatable bonds is 5. The number of thiophene rings is 1. The van der Waals surface area contributed by atoms with Crippen molar-refractivity contribution in [1.82, 2.24) is 14.5 Å². The number of morpholine rings is 1. The summed E-state index contributed by atoms with van der Waals surface area (Å²) in [6.45, 7) is 5.50. The van der Waals surface area contributed by atoms with Gasteiger partial charge >= 0.3 is 6.09 Å². The molecule has 0 bridgehead atoms. The zero-order valence-corrected chi connectivity index (χ0v) is 22.7. The molecule has 2 atom stereocenters. The summed E-state index contributed by atoms with van der Waals surface area (Å²) in [6.07, 6.45) is -0.736. The molecule has 1 saturated heterocycles. The van der Waals surface area contributed by atoms with Gasteiger partial charge in [-0.2, -0.15) is 4.31 Å². The van der Waals surface area contributed by atoms with Gasteiger partial charge in [0.2, 0.25) is 10.0 Å². The van der Waals surface area contributed by atoms with Crippen LogP contribution in [-0.4, -0.2) is 81.5 Å². The summed E-state index contributed by atoms with van der Waals surface area (Å²) in [5.41, 5.74) is 1.25. The predicted octanol–water partition coefficient (Wildman–Crippen LogP) is 2.28. The van der Waals surface area contributed by atoms with Crippen LogP contribution in [0.2, 0.25) is 0 Å². The van der Waals surface area contributed by atoms with Crippen LogP contribution in [0, 0.1) is 0 Å². The Morgan fingerprint density at radius 1 is 1.08 bits per heavy atom. The topological polar surface area (TPSA) is 134 Å². The van der Waals surface area contributed by atoms with E-state index in [0.717, 1.165) is 24.1 Å². The van der Waals surface area contributed by atoms with E-state index in [2.05, 4.69) is 20.3 Å². The highest BCUT2D eigenvalue weighted by molar-refractivity contribution is 7.89. The number of sulfonamides is 1. The van der Waals surface area contributed by atoms with Crippen LogP contribution in [0.5, 0.6) is 0 Å². The van der Waals surface area contributed by atoms with Gasteiger partial charge < -0.3 is 19.7 Å². The van der Waals surface area contributed by atoms with Gasteiger partial charge in [0.25, 0.3) is 11.8 Å². The first-order chi connectivity index (χ1) is 17.5. The van der Waals surface area contributed by atoms with E-state index >= 15 is 0 Å². The molecule has 13 heteroatoms. The highest BCUT2D eigenvalue weighted by atomic mass is 32.2. The second-order valence-electron chi connectivity index (χ2n) is 9.20. The van der Waals surface area contributed by atoms with Crippen molar-refractivity contribution in [2.45, 2.75) is 43.9 Å². The molecule has 1 aromatic carbocycles. The Morgan fingerprint density at radius 3 is 2.35 bits per heavy atom. The van der Waals surface area contributed by atoms with Crippen LogP contribution in [0.4, 0.5) is 9.80 Å². The maximum atomic E-state index is 13.1. The monoisotopic (exact) mass is 550 g/mol. The van der Waals surface area contributed by atoms with E-state index in [9.17, 15) is 22.8 Å². The molecule has 2 unspecified atom stereocenters. The van der Waals surface area contributed by atoms with Gasteiger partial charge in [0.05, 0.1) is 29.8 Å². The smallest absolute Gasteiger partial charge is 0.413 e. The van der Waals surface area contributed by atoms with Crippen molar-refractivity contribution in [3.63, 3.8) is 0 Å². The van der Waals surface area contributed by atoms with E-state index in [1.807, 2.05) is 20.9 Å². The summed E-state index contributed by atoms with van der Waals surface area (Å²) in [5.74, 6) is -1.16. The van der Waals surface area contributed by atoms with E-state index < -0.39 is 27.9 Å². The molecule has 1 fully saturated rings. The van der Waals surface area contributed by atoms with Gasteiger partial charge in [-0.25, -0.2) is 13.2 Å². The van der Waals surface area contributed by atoms with E-state index in [1.54, 1.807) is 0 Å². The number of alkyl carbamates (subject to hydrolysis) is 1. The first-order valence-electron chi connectivity index (χ1n) is 11.8. The van der Waals surface area contributed by atoms with Crippen LogP contribution >= 0.6 is 11.3 Å². The van der Waals surface area contributed by atoms with Crippen molar-refractivity contribution in [3.8, 4) is 0 Å². The minimum atomic E-state index is -3.75.